The summed E-state index contributed by atoms with van der Waals surface area (Å²) < 4.78 is 6.45. The first-order valence-corrected chi connectivity index (χ1v) is 19.2. The predicted molar refractivity (Wildman–Crippen MR) is 170 cm³/mol. The molecule has 0 amide bonds. The van der Waals surface area contributed by atoms with Gasteiger partial charge in [0.05, 0.1) is 6.10 Å². The fraction of sp³-hybridized carbons (Fsp3) is 0.941. The Morgan fingerprint density at radius 3 is 1.62 bits per heavy atom. The molecule has 2 nitrogen and oxygen atoms in total. The summed E-state index contributed by atoms with van der Waals surface area (Å²) in [4.78, 5) is 0. The van der Waals surface area contributed by atoms with Crippen LogP contribution in [0.5, 0.6) is 0 Å². The molecule has 0 aromatic rings. The summed E-state index contributed by atoms with van der Waals surface area (Å²) in [5.41, 5.74) is 1.05. The maximum Gasteiger partial charge on any atom is 0.191 e. The summed E-state index contributed by atoms with van der Waals surface area (Å²) in [7, 11) is -1.66. The van der Waals surface area contributed by atoms with E-state index in [2.05, 4.69) is 68.1 Å². The van der Waals surface area contributed by atoms with Crippen LogP contribution in [0.15, 0.2) is 12.2 Å². The third-order valence-electron chi connectivity index (χ3n) is 8.81. The average Bonchev–Trinajstić information content (AvgIpc) is 2.79. The van der Waals surface area contributed by atoms with Crippen molar-refractivity contribution in [3.63, 3.8) is 0 Å². The van der Waals surface area contributed by atoms with E-state index in [9.17, 15) is 5.11 Å². The van der Waals surface area contributed by atoms with Crippen molar-refractivity contribution >= 4 is 8.32 Å². The SMILES string of the molecule is C=C(C[C@H](C)C[C@H](C)C[C@H](C)CO[Si](C)(C)C(C)(C)C)[C@H](O)CCCCCCCCCCCCCCC. The van der Waals surface area contributed by atoms with E-state index in [-0.39, 0.29) is 11.1 Å². The van der Waals surface area contributed by atoms with Gasteiger partial charge in [0.2, 0.25) is 0 Å². The number of unbranched alkanes of at least 4 members (excludes halogenated alkanes) is 12. The minimum Gasteiger partial charge on any atom is -0.417 e. The van der Waals surface area contributed by atoms with Crippen molar-refractivity contribution in [3.8, 4) is 0 Å². The molecule has 0 bridgehead atoms. The van der Waals surface area contributed by atoms with Gasteiger partial charge in [-0.1, -0.05) is 139 Å². The molecule has 0 radical (unpaired) electrons. The minimum atomic E-state index is -1.66. The fourth-order valence-corrected chi connectivity index (χ4v) is 6.47. The average molecular weight is 539 g/mol. The van der Waals surface area contributed by atoms with Crippen LogP contribution in [-0.4, -0.2) is 26.1 Å². The van der Waals surface area contributed by atoms with Gasteiger partial charge in [0.25, 0.3) is 0 Å². The molecule has 0 rings (SSSR count). The lowest BCUT2D eigenvalue weighted by Gasteiger charge is -2.37. The van der Waals surface area contributed by atoms with Crippen LogP contribution in [0.3, 0.4) is 0 Å². The number of hydrogen-bond acceptors (Lipinski definition) is 2. The van der Waals surface area contributed by atoms with Gasteiger partial charge in [-0.3, -0.25) is 0 Å². The standard InChI is InChI=1S/C34H70O2Si/c1-11-12-13-14-15-16-17-18-19-20-21-22-23-24-33(35)32(5)27-30(3)25-29(2)26-31(4)28-36-37(9,10)34(6,7)8/h29-31,33,35H,5,11-28H2,1-4,6-10H3/t29-,30+,31-,33+/m0/s1. The molecule has 0 aromatic carbocycles. The molecule has 0 fully saturated rings. The molecule has 0 aromatic heterocycles. The molecule has 0 aliphatic heterocycles. The molecule has 0 unspecified atom stereocenters. The predicted octanol–water partition coefficient (Wildman–Crippen LogP) is 11.5. The lowest BCUT2D eigenvalue weighted by molar-refractivity contribution is 0.185. The van der Waals surface area contributed by atoms with Crippen LogP contribution in [0.2, 0.25) is 18.1 Å². The van der Waals surface area contributed by atoms with Gasteiger partial charge in [-0.15, -0.1) is 0 Å². The van der Waals surface area contributed by atoms with Crippen LogP contribution < -0.4 is 0 Å². The van der Waals surface area contributed by atoms with Crippen LogP contribution in [0.4, 0.5) is 0 Å². The van der Waals surface area contributed by atoms with Gasteiger partial charge < -0.3 is 9.53 Å². The van der Waals surface area contributed by atoms with Crippen LogP contribution in [0.1, 0.15) is 158 Å². The molecule has 0 heterocycles. The lowest BCUT2D eigenvalue weighted by Crippen LogP contribution is -2.41. The van der Waals surface area contributed by atoms with Crippen molar-refractivity contribution in [2.75, 3.05) is 6.61 Å². The number of aliphatic hydroxyl groups is 1. The van der Waals surface area contributed by atoms with Gasteiger partial charge in [-0.05, 0) is 67.1 Å². The van der Waals surface area contributed by atoms with Crippen molar-refractivity contribution in [2.45, 2.75) is 182 Å². The van der Waals surface area contributed by atoms with E-state index >= 15 is 0 Å². The van der Waals surface area contributed by atoms with E-state index in [4.69, 9.17) is 4.43 Å². The summed E-state index contributed by atoms with van der Waals surface area (Å²) in [5.74, 6) is 1.86. The smallest absolute Gasteiger partial charge is 0.191 e. The first-order valence-electron chi connectivity index (χ1n) is 16.3. The number of rotatable bonds is 24. The third-order valence-corrected chi connectivity index (χ3v) is 13.3. The van der Waals surface area contributed by atoms with E-state index in [0.29, 0.717) is 17.8 Å². The van der Waals surface area contributed by atoms with E-state index < -0.39 is 8.32 Å². The van der Waals surface area contributed by atoms with Crippen LogP contribution in [0.25, 0.3) is 0 Å². The third kappa shape index (κ3) is 19.6. The van der Waals surface area contributed by atoms with Crippen molar-refractivity contribution < 1.29 is 9.53 Å². The Hall–Kier alpha value is -0.123. The Bertz CT molecular complexity index is 551. The molecular formula is C34H70O2Si. The zero-order chi connectivity index (χ0) is 28.3. The van der Waals surface area contributed by atoms with Crippen molar-refractivity contribution in [3.05, 3.63) is 12.2 Å². The van der Waals surface area contributed by atoms with Crippen molar-refractivity contribution in [2.24, 2.45) is 17.8 Å². The Morgan fingerprint density at radius 1 is 0.730 bits per heavy atom. The second kappa shape index (κ2) is 20.7. The summed E-state index contributed by atoms with van der Waals surface area (Å²) in [6, 6.07) is 0. The fourth-order valence-electron chi connectivity index (χ4n) is 5.33. The molecule has 222 valence electrons. The second-order valence-electron chi connectivity index (χ2n) is 14.3. The molecule has 0 saturated heterocycles. The molecule has 0 spiro atoms. The topological polar surface area (TPSA) is 29.5 Å². The highest BCUT2D eigenvalue weighted by Crippen LogP contribution is 2.37. The molecule has 3 heteroatoms. The molecule has 0 aliphatic rings. The Morgan fingerprint density at radius 2 is 1.16 bits per heavy atom. The van der Waals surface area contributed by atoms with Gasteiger partial charge in [0.1, 0.15) is 0 Å². The molecule has 0 saturated carbocycles. The molecule has 4 atom stereocenters. The molecule has 1 N–H and O–H groups in total. The van der Waals surface area contributed by atoms with Crippen LogP contribution in [-0.2, 0) is 4.43 Å². The highest BCUT2D eigenvalue weighted by molar-refractivity contribution is 6.74. The first-order chi connectivity index (χ1) is 17.3. The van der Waals surface area contributed by atoms with Gasteiger partial charge in [-0.25, -0.2) is 0 Å². The van der Waals surface area contributed by atoms with E-state index in [1.807, 2.05) is 0 Å². The lowest BCUT2D eigenvalue weighted by atomic mass is 9.86. The van der Waals surface area contributed by atoms with Gasteiger partial charge >= 0.3 is 0 Å². The van der Waals surface area contributed by atoms with Gasteiger partial charge in [-0.2, -0.15) is 0 Å². The van der Waals surface area contributed by atoms with Crippen molar-refractivity contribution in [1.82, 2.24) is 0 Å². The summed E-state index contributed by atoms with van der Waals surface area (Å²) >= 11 is 0. The zero-order valence-electron chi connectivity index (χ0n) is 27.1. The minimum absolute atomic E-state index is 0.279. The number of hydrogen-bond donors (Lipinski definition) is 1. The summed E-state index contributed by atoms with van der Waals surface area (Å²) in [6.07, 6.45) is 21.7. The summed E-state index contributed by atoms with van der Waals surface area (Å²) in [5, 5.41) is 10.9. The second-order valence-corrected chi connectivity index (χ2v) is 19.1. The van der Waals surface area contributed by atoms with Crippen LogP contribution in [0, 0.1) is 17.8 Å². The van der Waals surface area contributed by atoms with Crippen molar-refractivity contribution in [1.29, 1.82) is 0 Å². The molecular weight excluding hydrogens is 468 g/mol. The maximum absolute atomic E-state index is 10.6. The number of aliphatic hydroxyl groups excluding tert-OH is 1. The quantitative estimate of drug-likeness (QED) is 0.0752. The highest BCUT2D eigenvalue weighted by Gasteiger charge is 2.37. The van der Waals surface area contributed by atoms with Gasteiger partial charge in [0.15, 0.2) is 8.32 Å². The monoisotopic (exact) mass is 539 g/mol. The van der Waals surface area contributed by atoms with Gasteiger partial charge in [0, 0.05) is 6.61 Å². The first kappa shape index (κ1) is 36.9. The highest BCUT2D eigenvalue weighted by atomic mass is 28.4. The van der Waals surface area contributed by atoms with E-state index in [1.54, 1.807) is 0 Å². The summed E-state index contributed by atoms with van der Waals surface area (Å²) in [6.45, 7) is 26.1. The Labute approximate surface area is 236 Å². The van der Waals surface area contributed by atoms with Crippen LogP contribution >= 0.6 is 0 Å². The Balaban J connectivity index is 3.88. The Kier molecular flexibility index (Phi) is 20.7. The zero-order valence-corrected chi connectivity index (χ0v) is 28.1. The van der Waals surface area contributed by atoms with E-state index in [0.717, 1.165) is 31.4 Å². The maximum atomic E-state index is 10.6. The molecule has 0 aliphatic carbocycles. The van der Waals surface area contributed by atoms with E-state index in [1.165, 1.54) is 89.9 Å². The normalized spacial score (nSPS) is 15.9. The molecule has 37 heavy (non-hydrogen) atoms. The largest absolute Gasteiger partial charge is 0.417 e.